The fourth-order valence-corrected chi connectivity index (χ4v) is 3.46. The third-order valence-electron chi connectivity index (χ3n) is 4.79. The van der Waals surface area contributed by atoms with Crippen LogP contribution < -0.4 is 10.6 Å². The summed E-state index contributed by atoms with van der Waals surface area (Å²) >= 11 is 0. The molecule has 0 unspecified atom stereocenters. The zero-order chi connectivity index (χ0) is 16.7. The van der Waals surface area contributed by atoms with Gasteiger partial charge in [0.2, 0.25) is 0 Å². The fourth-order valence-electron chi connectivity index (χ4n) is 3.46. The quantitative estimate of drug-likeness (QED) is 0.809. The molecule has 1 aromatic carbocycles. The number of benzene rings is 1. The highest BCUT2D eigenvalue weighted by Crippen LogP contribution is 2.41. The predicted octanol–water partition coefficient (Wildman–Crippen LogP) is 3.11. The molecule has 0 atom stereocenters. The summed E-state index contributed by atoms with van der Waals surface area (Å²) < 4.78 is 5.44. The number of carbonyl (C=O) groups excluding carboxylic acids is 1. The number of hydrogen-bond donors (Lipinski definition) is 1. The van der Waals surface area contributed by atoms with Crippen molar-refractivity contribution in [2.24, 2.45) is 5.41 Å². The number of hydrogen-bond acceptors (Lipinski definition) is 4. The van der Waals surface area contributed by atoms with E-state index in [0.29, 0.717) is 5.41 Å². The van der Waals surface area contributed by atoms with Crippen molar-refractivity contribution in [2.45, 2.75) is 39.2 Å². The van der Waals surface area contributed by atoms with Gasteiger partial charge in [-0.25, -0.2) is 4.79 Å². The van der Waals surface area contributed by atoms with Crippen LogP contribution in [0.2, 0.25) is 0 Å². The summed E-state index contributed by atoms with van der Waals surface area (Å²) in [5, 5.41) is 0. The highest BCUT2D eigenvalue weighted by atomic mass is 16.6. The van der Waals surface area contributed by atoms with Crippen LogP contribution in [-0.2, 0) is 4.74 Å². The van der Waals surface area contributed by atoms with Crippen LogP contribution >= 0.6 is 0 Å². The first-order chi connectivity index (χ1) is 10.8. The predicted molar refractivity (Wildman–Crippen MR) is 92.5 cm³/mol. The van der Waals surface area contributed by atoms with Crippen LogP contribution in [0, 0.1) is 5.41 Å². The zero-order valence-electron chi connectivity index (χ0n) is 14.3. The topological polar surface area (TPSA) is 58.8 Å². The van der Waals surface area contributed by atoms with E-state index in [1.807, 2.05) is 37.8 Å². The van der Waals surface area contributed by atoms with Gasteiger partial charge in [-0.05, 0) is 57.9 Å². The van der Waals surface area contributed by atoms with E-state index in [4.69, 9.17) is 10.5 Å². The molecule has 0 saturated carbocycles. The highest BCUT2D eigenvalue weighted by Gasteiger charge is 2.47. The molecule has 2 N–H and O–H groups in total. The van der Waals surface area contributed by atoms with Crippen molar-refractivity contribution in [1.29, 1.82) is 0 Å². The molecule has 1 aromatic rings. The van der Waals surface area contributed by atoms with E-state index in [2.05, 4.69) is 17.0 Å². The summed E-state index contributed by atoms with van der Waals surface area (Å²) in [5.41, 5.74) is 7.66. The number of likely N-dealkylation sites (tertiary alicyclic amines) is 1. The van der Waals surface area contributed by atoms with Crippen molar-refractivity contribution in [3.8, 4) is 0 Å². The molecule has 1 spiro atoms. The molecule has 5 heteroatoms. The minimum Gasteiger partial charge on any atom is -0.444 e. The van der Waals surface area contributed by atoms with E-state index in [1.165, 1.54) is 5.69 Å². The lowest BCUT2D eigenvalue weighted by molar-refractivity contribution is -0.0434. The number of anilines is 2. The Bertz CT molecular complexity index is 561. The van der Waals surface area contributed by atoms with Crippen LogP contribution in [0.1, 0.15) is 33.6 Å². The summed E-state index contributed by atoms with van der Waals surface area (Å²) in [6, 6.07) is 8.07. The molecule has 2 aliphatic heterocycles. The average molecular weight is 317 g/mol. The fraction of sp³-hybridized carbons (Fsp3) is 0.611. The first-order valence-corrected chi connectivity index (χ1v) is 8.35. The van der Waals surface area contributed by atoms with Crippen LogP contribution in [0.25, 0.3) is 0 Å². The molecule has 5 nitrogen and oxygen atoms in total. The van der Waals surface area contributed by atoms with Crippen LogP contribution in [0.4, 0.5) is 16.2 Å². The molecule has 2 aliphatic rings. The van der Waals surface area contributed by atoms with E-state index in [0.717, 1.165) is 44.7 Å². The second-order valence-electron chi connectivity index (χ2n) is 7.91. The number of ether oxygens (including phenoxy) is 1. The van der Waals surface area contributed by atoms with E-state index in [1.54, 1.807) is 0 Å². The molecule has 0 aliphatic carbocycles. The van der Waals surface area contributed by atoms with Crippen molar-refractivity contribution < 1.29 is 9.53 Å². The Labute approximate surface area is 138 Å². The Hall–Kier alpha value is -1.91. The Morgan fingerprint density at radius 1 is 1.13 bits per heavy atom. The number of amides is 1. The maximum absolute atomic E-state index is 12.1. The summed E-state index contributed by atoms with van der Waals surface area (Å²) in [6.07, 6.45) is 2.07. The van der Waals surface area contributed by atoms with Crippen LogP contribution in [0.5, 0.6) is 0 Å². The lowest BCUT2D eigenvalue weighted by Gasteiger charge is -2.54. The monoisotopic (exact) mass is 317 g/mol. The summed E-state index contributed by atoms with van der Waals surface area (Å²) in [4.78, 5) is 16.3. The van der Waals surface area contributed by atoms with E-state index >= 15 is 0 Å². The Kier molecular flexibility index (Phi) is 3.90. The van der Waals surface area contributed by atoms with Crippen molar-refractivity contribution in [1.82, 2.24) is 4.90 Å². The molecule has 0 aromatic heterocycles. The van der Waals surface area contributed by atoms with Gasteiger partial charge in [0.15, 0.2) is 0 Å². The molecule has 126 valence electrons. The molecule has 2 fully saturated rings. The second-order valence-corrected chi connectivity index (χ2v) is 7.91. The summed E-state index contributed by atoms with van der Waals surface area (Å²) in [7, 11) is 0. The van der Waals surface area contributed by atoms with Crippen molar-refractivity contribution >= 4 is 17.5 Å². The highest BCUT2D eigenvalue weighted by molar-refractivity contribution is 5.69. The van der Waals surface area contributed by atoms with Gasteiger partial charge in [0, 0.05) is 43.0 Å². The third kappa shape index (κ3) is 3.54. The first kappa shape index (κ1) is 16.0. The van der Waals surface area contributed by atoms with Crippen molar-refractivity contribution in [3.05, 3.63) is 24.3 Å². The molecule has 1 amide bonds. The number of piperidine rings is 1. The van der Waals surface area contributed by atoms with Gasteiger partial charge in [0.05, 0.1) is 0 Å². The zero-order valence-corrected chi connectivity index (χ0v) is 14.3. The number of rotatable bonds is 1. The number of nitrogens with two attached hydrogens (primary N) is 1. The Balaban J connectivity index is 1.51. The molecule has 0 bridgehead atoms. The Morgan fingerprint density at radius 3 is 2.22 bits per heavy atom. The van der Waals surface area contributed by atoms with Gasteiger partial charge in [-0.15, -0.1) is 0 Å². The van der Waals surface area contributed by atoms with Crippen LogP contribution in [0.3, 0.4) is 0 Å². The maximum Gasteiger partial charge on any atom is 0.410 e. The maximum atomic E-state index is 12.1. The van der Waals surface area contributed by atoms with Gasteiger partial charge >= 0.3 is 6.09 Å². The largest absolute Gasteiger partial charge is 0.444 e. The van der Waals surface area contributed by atoms with Gasteiger partial charge in [0.25, 0.3) is 0 Å². The summed E-state index contributed by atoms with van der Waals surface area (Å²) in [5.74, 6) is 0. The molecule has 2 heterocycles. The van der Waals surface area contributed by atoms with Gasteiger partial charge in [-0.1, -0.05) is 0 Å². The molecular formula is C18H27N3O2. The lowest BCUT2D eigenvalue weighted by atomic mass is 9.72. The van der Waals surface area contributed by atoms with Gasteiger partial charge in [-0.3, -0.25) is 0 Å². The number of nitrogen functional groups attached to an aromatic ring is 1. The first-order valence-electron chi connectivity index (χ1n) is 8.35. The Morgan fingerprint density at radius 2 is 1.70 bits per heavy atom. The molecule has 23 heavy (non-hydrogen) atoms. The van der Waals surface area contributed by atoms with Gasteiger partial charge in [0.1, 0.15) is 5.60 Å². The third-order valence-corrected chi connectivity index (χ3v) is 4.79. The van der Waals surface area contributed by atoms with E-state index in [9.17, 15) is 4.79 Å². The van der Waals surface area contributed by atoms with Crippen LogP contribution in [0.15, 0.2) is 24.3 Å². The van der Waals surface area contributed by atoms with Crippen molar-refractivity contribution in [3.63, 3.8) is 0 Å². The SMILES string of the molecule is CC(C)(C)OC(=O)N1CC2(CCN(c3ccc(N)cc3)CC2)C1. The lowest BCUT2D eigenvalue weighted by Crippen LogP contribution is -2.62. The van der Waals surface area contributed by atoms with Gasteiger partial charge in [-0.2, -0.15) is 0 Å². The normalized spacial score (nSPS) is 20.3. The molecule has 0 radical (unpaired) electrons. The number of nitrogens with zero attached hydrogens (tertiary/aromatic N) is 2. The smallest absolute Gasteiger partial charge is 0.410 e. The van der Waals surface area contributed by atoms with Crippen molar-refractivity contribution in [2.75, 3.05) is 36.8 Å². The molecular weight excluding hydrogens is 290 g/mol. The van der Waals surface area contributed by atoms with Crippen LogP contribution in [-0.4, -0.2) is 42.8 Å². The standard InChI is InChI=1S/C18H27N3O2/c1-17(2,3)23-16(22)21-12-18(13-21)8-10-20(11-9-18)15-6-4-14(19)5-7-15/h4-7H,8-13,19H2,1-3H3. The minimum absolute atomic E-state index is 0.177. The average Bonchev–Trinajstić information content (AvgIpc) is 2.44. The number of carbonyl (C=O) groups is 1. The summed E-state index contributed by atoms with van der Waals surface area (Å²) in [6.45, 7) is 9.45. The molecule has 3 rings (SSSR count). The van der Waals surface area contributed by atoms with Gasteiger partial charge < -0.3 is 20.3 Å². The second kappa shape index (κ2) is 5.62. The van der Waals surface area contributed by atoms with E-state index in [-0.39, 0.29) is 6.09 Å². The molecule has 2 saturated heterocycles. The van der Waals surface area contributed by atoms with E-state index < -0.39 is 5.60 Å². The minimum atomic E-state index is -0.418.